The minimum Gasteiger partial charge on any atom is -0.392 e. The van der Waals surface area contributed by atoms with Crippen molar-refractivity contribution in [2.24, 2.45) is 5.41 Å². The highest BCUT2D eigenvalue weighted by atomic mass is 16.3. The van der Waals surface area contributed by atoms with Gasteiger partial charge in [-0.3, -0.25) is 9.59 Å². The third kappa shape index (κ3) is 2.16. The predicted molar refractivity (Wildman–Crippen MR) is 73.2 cm³/mol. The van der Waals surface area contributed by atoms with E-state index in [1.54, 1.807) is 19.1 Å². The van der Waals surface area contributed by atoms with Crippen LogP contribution in [-0.4, -0.2) is 22.9 Å². The highest BCUT2D eigenvalue weighted by molar-refractivity contribution is 6.06. The van der Waals surface area contributed by atoms with Gasteiger partial charge in [-0.1, -0.05) is 6.92 Å². The zero-order valence-electron chi connectivity index (χ0n) is 11.5. The Kier molecular flexibility index (Phi) is 3.45. The Morgan fingerprint density at radius 1 is 1.53 bits per heavy atom. The second-order valence-corrected chi connectivity index (χ2v) is 5.24. The molecule has 0 heterocycles. The van der Waals surface area contributed by atoms with Crippen molar-refractivity contribution in [1.29, 1.82) is 0 Å². The van der Waals surface area contributed by atoms with Crippen molar-refractivity contribution in [2.75, 3.05) is 5.32 Å². The van der Waals surface area contributed by atoms with E-state index in [9.17, 15) is 14.7 Å². The van der Waals surface area contributed by atoms with Gasteiger partial charge in [0.25, 0.3) is 0 Å². The van der Waals surface area contributed by atoms with Gasteiger partial charge in [-0.05, 0) is 43.5 Å². The number of aliphatic hydroxyl groups excluding tert-OH is 1. The van der Waals surface area contributed by atoms with Gasteiger partial charge in [-0.2, -0.15) is 0 Å². The Hall–Kier alpha value is -1.68. The number of carbonyl (C=O) groups excluding carboxylic acids is 2. The van der Waals surface area contributed by atoms with Crippen LogP contribution in [0.25, 0.3) is 0 Å². The van der Waals surface area contributed by atoms with Crippen molar-refractivity contribution in [2.45, 2.75) is 39.7 Å². The number of hydrogen-bond donors (Lipinski definition) is 2. The zero-order chi connectivity index (χ0) is 14.2. The molecular formula is C15H19NO3. The van der Waals surface area contributed by atoms with Crippen LogP contribution in [0.5, 0.6) is 0 Å². The number of aliphatic hydroxyl groups is 1. The van der Waals surface area contributed by atoms with Crippen LogP contribution in [0.4, 0.5) is 5.69 Å². The van der Waals surface area contributed by atoms with E-state index in [1.807, 2.05) is 13.0 Å². The van der Waals surface area contributed by atoms with E-state index in [-0.39, 0.29) is 11.7 Å². The molecule has 0 fully saturated rings. The number of carbonyl (C=O) groups is 2. The van der Waals surface area contributed by atoms with Crippen LogP contribution >= 0.6 is 0 Å². The summed E-state index contributed by atoms with van der Waals surface area (Å²) in [4.78, 5) is 23.5. The van der Waals surface area contributed by atoms with Crippen molar-refractivity contribution in [1.82, 2.24) is 0 Å². The van der Waals surface area contributed by atoms with Crippen LogP contribution in [0.3, 0.4) is 0 Å². The average molecular weight is 261 g/mol. The van der Waals surface area contributed by atoms with Crippen LogP contribution in [0.15, 0.2) is 18.2 Å². The fraction of sp³-hybridized carbons (Fsp3) is 0.467. The van der Waals surface area contributed by atoms with E-state index >= 15 is 0 Å². The van der Waals surface area contributed by atoms with Crippen LogP contribution in [0.2, 0.25) is 0 Å². The number of rotatable bonds is 3. The Labute approximate surface area is 112 Å². The number of benzene rings is 1. The molecule has 19 heavy (non-hydrogen) atoms. The topological polar surface area (TPSA) is 66.4 Å². The number of ketones is 1. The first-order chi connectivity index (χ1) is 8.90. The maximum atomic E-state index is 12.5. The fourth-order valence-corrected chi connectivity index (χ4v) is 2.85. The van der Waals surface area contributed by atoms with Crippen molar-refractivity contribution in [3.63, 3.8) is 0 Å². The minimum atomic E-state index is -0.711. The largest absolute Gasteiger partial charge is 0.392 e. The minimum absolute atomic E-state index is 0.00868. The summed E-state index contributed by atoms with van der Waals surface area (Å²) in [7, 11) is 0. The second kappa shape index (κ2) is 4.78. The summed E-state index contributed by atoms with van der Waals surface area (Å²) in [5.41, 5.74) is 1.55. The summed E-state index contributed by atoms with van der Waals surface area (Å²) in [5.74, 6) is -0.129. The molecule has 1 aliphatic carbocycles. The van der Waals surface area contributed by atoms with Gasteiger partial charge in [0, 0.05) is 18.2 Å². The van der Waals surface area contributed by atoms with Gasteiger partial charge in [0.2, 0.25) is 5.91 Å². The molecule has 0 bridgehead atoms. The van der Waals surface area contributed by atoms with Crippen LogP contribution in [0.1, 0.15) is 43.1 Å². The number of amides is 1. The Morgan fingerprint density at radius 2 is 2.21 bits per heavy atom. The van der Waals surface area contributed by atoms with E-state index in [0.717, 1.165) is 5.56 Å². The predicted octanol–water partition coefficient (Wildman–Crippen LogP) is 2.16. The summed E-state index contributed by atoms with van der Waals surface area (Å²) in [6.45, 7) is 5.04. The molecule has 4 heteroatoms. The third-order valence-corrected chi connectivity index (χ3v) is 4.06. The zero-order valence-corrected chi connectivity index (χ0v) is 11.5. The number of nitrogens with one attached hydrogen (secondary N) is 1. The van der Waals surface area contributed by atoms with Gasteiger partial charge in [0.1, 0.15) is 0 Å². The van der Waals surface area contributed by atoms with Crippen LogP contribution in [0, 0.1) is 5.41 Å². The monoisotopic (exact) mass is 261 g/mol. The maximum Gasteiger partial charge on any atom is 0.221 e. The highest BCUT2D eigenvalue weighted by Crippen LogP contribution is 2.42. The van der Waals surface area contributed by atoms with Crippen molar-refractivity contribution >= 4 is 17.4 Å². The van der Waals surface area contributed by atoms with Crippen LogP contribution < -0.4 is 5.32 Å². The van der Waals surface area contributed by atoms with E-state index in [4.69, 9.17) is 0 Å². The Bertz CT molecular complexity index is 536. The second-order valence-electron chi connectivity index (χ2n) is 5.24. The number of fused-ring (bicyclic) bond motifs is 1. The lowest BCUT2D eigenvalue weighted by Gasteiger charge is -2.28. The maximum absolute atomic E-state index is 12.5. The summed E-state index contributed by atoms with van der Waals surface area (Å²) in [6, 6.07) is 5.29. The number of hydrogen-bond acceptors (Lipinski definition) is 3. The summed E-state index contributed by atoms with van der Waals surface area (Å²) >= 11 is 0. The van der Waals surface area contributed by atoms with E-state index < -0.39 is 11.5 Å². The first-order valence-electron chi connectivity index (χ1n) is 6.54. The molecule has 0 saturated carbocycles. The lowest BCUT2D eigenvalue weighted by atomic mass is 9.76. The van der Waals surface area contributed by atoms with Gasteiger partial charge in [0.05, 0.1) is 11.5 Å². The standard InChI is InChI=1S/C15H19NO3/c1-4-15(9(2)17)8-11-7-12(16-10(3)18)5-6-13(11)14(15)19/h5-7,9,17H,4,8H2,1-3H3,(H,16,18). The summed E-state index contributed by atoms with van der Waals surface area (Å²) in [6.07, 6.45) is 0.456. The van der Waals surface area contributed by atoms with Crippen molar-refractivity contribution < 1.29 is 14.7 Å². The lowest BCUT2D eigenvalue weighted by molar-refractivity contribution is -0.114. The first kappa shape index (κ1) is 13.7. The average Bonchev–Trinajstić information content (AvgIpc) is 2.62. The summed E-state index contributed by atoms with van der Waals surface area (Å²) < 4.78 is 0. The molecule has 0 aromatic heterocycles. The highest BCUT2D eigenvalue weighted by Gasteiger charge is 2.47. The molecule has 2 rings (SSSR count). The van der Waals surface area contributed by atoms with E-state index in [0.29, 0.717) is 24.1 Å². The number of anilines is 1. The van der Waals surface area contributed by atoms with Gasteiger partial charge in [0.15, 0.2) is 5.78 Å². The molecule has 2 N–H and O–H groups in total. The molecule has 1 amide bonds. The van der Waals surface area contributed by atoms with E-state index in [1.165, 1.54) is 6.92 Å². The molecule has 0 spiro atoms. The molecule has 0 aliphatic heterocycles. The Morgan fingerprint density at radius 3 is 2.74 bits per heavy atom. The molecule has 1 aromatic rings. The smallest absolute Gasteiger partial charge is 0.221 e. The molecule has 4 nitrogen and oxygen atoms in total. The number of Topliss-reactive ketones (excluding diaryl/α,β-unsaturated/α-hetero) is 1. The summed E-state index contributed by atoms with van der Waals surface area (Å²) in [5, 5.41) is 12.7. The molecule has 2 unspecified atom stereocenters. The Balaban J connectivity index is 2.40. The first-order valence-corrected chi connectivity index (χ1v) is 6.54. The van der Waals surface area contributed by atoms with Crippen LogP contribution in [-0.2, 0) is 11.2 Å². The van der Waals surface area contributed by atoms with E-state index in [2.05, 4.69) is 5.32 Å². The lowest BCUT2D eigenvalue weighted by Crippen LogP contribution is -2.38. The quantitative estimate of drug-likeness (QED) is 0.876. The fourth-order valence-electron chi connectivity index (χ4n) is 2.85. The molecule has 2 atom stereocenters. The normalized spacial score (nSPS) is 23.1. The van der Waals surface area contributed by atoms with Gasteiger partial charge in [-0.25, -0.2) is 0 Å². The SMILES string of the molecule is CCC1(C(C)O)Cc2cc(NC(C)=O)ccc2C1=O. The van der Waals surface area contributed by atoms with Crippen molar-refractivity contribution in [3.8, 4) is 0 Å². The molecule has 0 radical (unpaired) electrons. The molecule has 1 aliphatic rings. The van der Waals surface area contributed by atoms with Gasteiger partial charge < -0.3 is 10.4 Å². The molecular weight excluding hydrogens is 242 g/mol. The molecule has 102 valence electrons. The van der Waals surface area contributed by atoms with Gasteiger partial charge in [-0.15, -0.1) is 0 Å². The third-order valence-electron chi connectivity index (χ3n) is 4.06. The molecule has 0 saturated heterocycles. The van der Waals surface area contributed by atoms with Crippen molar-refractivity contribution in [3.05, 3.63) is 29.3 Å². The molecule has 1 aromatic carbocycles. The van der Waals surface area contributed by atoms with Gasteiger partial charge >= 0.3 is 0 Å².